The van der Waals surface area contributed by atoms with E-state index in [-0.39, 0.29) is 0 Å². The Hall–Kier alpha value is -1.06. The Morgan fingerprint density at radius 1 is 1.39 bits per heavy atom. The van der Waals surface area contributed by atoms with Gasteiger partial charge in [-0.15, -0.1) is 0 Å². The van der Waals surface area contributed by atoms with Crippen molar-refractivity contribution in [3.05, 3.63) is 29.8 Å². The summed E-state index contributed by atoms with van der Waals surface area (Å²) in [4.78, 5) is 2.57. The molecule has 0 spiro atoms. The molecule has 1 fully saturated rings. The third-order valence-corrected chi connectivity index (χ3v) is 3.51. The van der Waals surface area contributed by atoms with Gasteiger partial charge in [0.2, 0.25) is 0 Å². The molecule has 0 aromatic heterocycles. The van der Waals surface area contributed by atoms with Crippen LogP contribution in [0.1, 0.15) is 25.3 Å². The number of likely N-dealkylation sites (N-methyl/N-ethyl adjacent to an activating group) is 1. The van der Waals surface area contributed by atoms with Crippen LogP contribution in [-0.4, -0.2) is 37.7 Å². The molecule has 0 heterocycles. The summed E-state index contributed by atoms with van der Waals surface area (Å²) >= 11 is 0. The van der Waals surface area contributed by atoms with Gasteiger partial charge in [0.1, 0.15) is 5.75 Å². The van der Waals surface area contributed by atoms with Gasteiger partial charge in [0.05, 0.1) is 7.11 Å². The van der Waals surface area contributed by atoms with Crippen molar-refractivity contribution in [2.75, 3.05) is 26.7 Å². The molecule has 0 bridgehead atoms. The highest BCUT2D eigenvalue weighted by atomic mass is 16.5. The molecule has 0 amide bonds. The average Bonchev–Trinajstić information content (AvgIpc) is 3.23. The molecule has 1 aliphatic rings. The highest BCUT2D eigenvalue weighted by Crippen LogP contribution is 2.25. The van der Waals surface area contributed by atoms with Gasteiger partial charge in [-0.25, -0.2) is 0 Å². The van der Waals surface area contributed by atoms with Gasteiger partial charge in [-0.1, -0.05) is 19.1 Å². The summed E-state index contributed by atoms with van der Waals surface area (Å²) in [6, 6.07) is 9.11. The number of ether oxygens (including phenoxy) is 1. The van der Waals surface area contributed by atoms with E-state index in [9.17, 15) is 0 Å². The first-order valence-electron chi connectivity index (χ1n) is 6.91. The van der Waals surface area contributed by atoms with Gasteiger partial charge >= 0.3 is 0 Å². The minimum Gasteiger partial charge on any atom is -0.497 e. The first-order chi connectivity index (χ1) is 8.83. The molecular weight excluding hydrogens is 224 g/mol. The average molecular weight is 248 g/mol. The van der Waals surface area contributed by atoms with E-state index in [4.69, 9.17) is 4.74 Å². The lowest BCUT2D eigenvalue weighted by atomic mass is 10.2. The second kappa shape index (κ2) is 6.76. The number of hydrogen-bond acceptors (Lipinski definition) is 3. The Morgan fingerprint density at radius 3 is 2.89 bits per heavy atom. The molecule has 0 unspecified atom stereocenters. The Kier molecular flexibility index (Phi) is 5.02. The van der Waals surface area contributed by atoms with Crippen molar-refractivity contribution >= 4 is 0 Å². The van der Waals surface area contributed by atoms with Crippen molar-refractivity contribution in [3.63, 3.8) is 0 Å². The lowest BCUT2D eigenvalue weighted by Crippen LogP contribution is -2.33. The number of rotatable bonds is 8. The van der Waals surface area contributed by atoms with Crippen LogP contribution >= 0.6 is 0 Å². The van der Waals surface area contributed by atoms with E-state index in [1.165, 1.54) is 24.9 Å². The van der Waals surface area contributed by atoms with Gasteiger partial charge < -0.3 is 10.1 Å². The van der Waals surface area contributed by atoms with Crippen LogP contribution in [0, 0.1) is 0 Å². The van der Waals surface area contributed by atoms with E-state index in [1.54, 1.807) is 7.11 Å². The first-order valence-corrected chi connectivity index (χ1v) is 6.91. The topological polar surface area (TPSA) is 24.5 Å². The maximum Gasteiger partial charge on any atom is 0.119 e. The zero-order valence-corrected chi connectivity index (χ0v) is 11.5. The van der Waals surface area contributed by atoms with Crippen LogP contribution in [-0.2, 0) is 6.54 Å². The van der Waals surface area contributed by atoms with Crippen molar-refractivity contribution in [1.29, 1.82) is 0 Å². The molecule has 3 heteroatoms. The van der Waals surface area contributed by atoms with Crippen LogP contribution in [0.4, 0.5) is 0 Å². The predicted molar refractivity (Wildman–Crippen MR) is 75.0 cm³/mol. The van der Waals surface area contributed by atoms with Crippen molar-refractivity contribution in [2.45, 2.75) is 32.4 Å². The van der Waals surface area contributed by atoms with Crippen LogP contribution in [0.15, 0.2) is 24.3 Å². The van der Waals surface area contributed by atoms with Crippen molar-refractivity contribution in [2.24, 2.45) is 0 Å². The normalized spacial score (nSPS) is 15.1. The van der Waals surface area contributed by atoms with Gasteiger partial charge in [-0.3, -0.25) is 4.90 Å². The van der Waals surface area contributed by atoms with Crippen LogP contribution in [0.25, 0.3) is 0 Å². The largest absolute Gasteiger partial charge is 0.497 e. The van der Waals surface area contributed by atoms with Crippen molar-refractivity contribution in [3.8, 4) is 5.75 Å². The van der Waals surface area contributed by atoms with Crippen molar-refractivity contribution in [1.82, 2.24) is 10.2 Å². The molecule has 0 aliphatic heterocycles. The summed E-state index contributed by atoms with van der Waals surface area (Å²) in [5.41, 5.74) is 1.28. The zero-order chi connectivity index (χ0) is 12.8. The minimum atomic E-state index is 0.869. The highest BCUT2D eigenvalue weighted by Gasteiger charge is 2.26. The third-order valence-electron chi connectivity index (χ3n) is 3.51. The number of methoxy groups -OCH3 is 1. The fraction of sp³-hybridized carbons (Fsp3) is 0.600. The maximum absolute atomic E-state index is 5.22. The number of nitrogens with zero attached hydrogens (tertiary/aromatic N) is 1. The molecule has 1 aromatic carbocycles. The summed E-state index contributed by atoms with van der Waals surface area (Å²) < 4.78 is 5.22. The molecule has 100 valence electrons. The van der Waals surface area contributed by atoms with Gasteiger partial charge in [0.15, 0.2) is 0 Å². The first kappa shape index (κ1) is 13.4. The van der Waals surface area contributed by atoms with Crippen LogP contribution < -0.4 is 10.1 Å². The molecule has 3 nitrogen and oxygen atoms in total. The maximum atomic E-state index is 5.22. The molecule has 2 rings (SSSR count). The van der Waals surface area contributed by atoms with E-state index in [0.717, 1.165) is 31.4 Å². The summed E-state index contributed by atoms with van der Waals surface area (Å²) in [7, 11) is 1.71. The number of benzene rings is 1. The lowest BCUT2D eigenvalue weighted by Gasteiger charge is -2.19. The van der Waals surface area contributed by atoms with Crippen LogP contribution in [0.3, 0.4) is 0 Å². The Bertz CT molecular complexity index is 363. The number of hydrogen-bond donors (Lipinski definition) is 1. The standard InChI is InChI=1S/C15H24N2O/c1-3-17(14-7-8-14)10-9-16-12-13-5-4-6-15(11-13)18-2/h4-6,11,14,16H,3,7-10,12H2,1-2H3. The third kappa shape index (κ3) is 4.00. The van der Waals surface area contributed by atoms with E-state index in [2.05, 4.69) is 29.3 Å². The summed E-state index contributed by atoms with van der Waals surface area (Å²) in [6.07, 6.45) is 2.79. The molecule has 0 radical (unpaired) electrons. The Balaban J connectivity index is 1.67. The second-order valence-corrected chi connectivity index (χ2v) is 4.89. The smallest absolute Gasteiger partial charge is 0.119 e. The molecule has 0 saturated heterocycles. The lowest BCUT2D eigenvalue weighted by molar-refractivity contribution is 0.277. The van der Waals surface area contributed by atoms with Gasteiger partial charge in [-0.2, -0.15) is 0 Å². The quantitative estimate of drug-likeness (QED) is 0.714. The van der Waals surface area contributed by atoms with Gasteiger partial charge in [0, 0.05) is 25.7 Å². The monoisotopic (exact) mass is 248 g/mol. The molecule has 1 saturated carbocycles. The molecule has 0 atom stereocenters. The van der Waals surface area contributed by atoms with Crippen molar-refractivity contribution < 1.29 is 4.74 Å². The second-order valence-electron chi connectivity index (χ2n) is 4.89. The van der Waals surface area contributed by atoms with E-state index < -0.39 is 0 Å². The fourth-order valence-electron chi connectivity index (χ4n) is 2.28. The van der Waals surface area contributed by atoms with Gasteiger partial charge in [-0.05, 0) is 37.1 Å². The minimum absolute atomic E-state index is 0.869. The predicted octanol–water partition coefficient (Wildman–Crippen LogP) is 2.27. The zero-order valence-electron chi connectivity index (χ0n) is 11.5. The van der Waals surface area contributed by atoms with Crippen LogP contribution in [0.2, 0.25) is 0 Å². The summed E-state index contributed by atoms with van der Waals surface area (Å²) in [6.45, 7) is 6.55. The molecular formula is C15H24N2O. The van der Waals surface area contributed by atoms with E-state index in [0.29, 0.717) is 0 Å². The van der Waals surface area contributed by atoms with Crippen LogP contribution in [0.5, 0.6) is 5.75 Å². The summed E-state index contributed by atoms with van der Waals surface area (Å²) in [5.74, 6) is 0.933. The molecule has 1 N–H and O–H groups in total. The number of nitrogens with one attached hydrogen (secondary N) is 1. The molecule has 18 heavy (non-hydrogen) atoms. The van der Waals surface area contributed by atoms with E-state index >= 15 is 0 Å². The van der Waals surface area contributed by atoms with Gasteiger partial charge in [0.25, 0.3) is 0 Å². The Labute approximate surface area is 110 Å². The summed E-state index contributed by atoms with van der Waals surface area (Å²) in [5, 5.41) is 3.50. The molecule has 1 aliphatic carbocycles. The van der Waals surface area contributed by atoms with E-state index in [1.807, 2.05) is 12.1 Å². The highest BCUT2D eigenvalue weighted by molar-refractivity contribution is 5.28. The fourth-order valence-corrected chi connectivity index (χ4v) is 2.28. The molecule has 1 aromatic rings. The SMILES string of the molecule is CCN(CCNCc1cccc(OC)c1)C1CC1. The Morgan fingerprint density at radius 2 is 2.22 bits per heavy atom.